The number of hydrogen-bond donors (Lipinski definition) is 0. The van der Waals surface area contributed by atoms with Gasteiger partial charge in [-0.3, -0.25) is 9.59 Å². The third-order valence-corrected chi connectivity index (χ3v) is 7.25. The third-order valence-electron chi connectivity index (χ3n) is 7.25. The number of benzene rings is 3. The summed E-state index contributed by atoms with van der Waals surface area (Å²) >= 11 is 0. The van der Waals surface area contributed by atoms with Gasteiger partial charge in [-0.15, -0.1) is 0 Å². The number of anilines is 1. The van der Waals surface area contributed by atoms with Crippen LogP contribution < -0.4 is 4.90 Å². The molecule has 1 aliphatic heterocycles. The molecule has 2 aliphatic carbocycles. The normalized spacial score (nSPS) is 31.0. The van der Waals surface area contributed by atoms with Gasteiger partial charge >= 0.3 is 0 Å². The minimum absolute atomic E-state index is 0.0134. The molecule has 1 saturated heterocycles. The first-order valence-electron chi connectivity index (χ1n) is 10.1. The van der Waals surface area contributed by atoms with Crippen molar-refractivity contribution in [3.8, 4) is 0 Å². The summed E-state index contributed by atoms with van der Waals surface area (Å²) in [4.78, 5) is 28.4. The maximum atomic E-state index is 13.5. The van der Waals surface area contributed by atoms with Gasteiger partial charge in [0.1, 0.15) is 0 Å². The van der Waals surface area contributed by atoms with E-state index in [0.29, 0.717) is 11.8 Å². The van der Waals surface area contributed by atoms with Crippen molar-refractivity contribution in [1.82, 2.24) is 0 Å². The molecule has 3 fully saturated rings. The predicted octanol–water partition coefficient (Wildman–Crippen LogP) is 4.77. The molecule has 1 heterocycles. The summed E-state index contributed by atoms with van der Waals surface area (Å²) in [5.74, 6) is 0.763. The van der Waals surface area contributed by atoms with Crippen LogP contribution in [0.4, 0.5) is 5.69 Å². The van der Waals surface area contributed by atoms with E-state index in [4.69, 9.17) is 0 Å². The van der Waals surface area contributed by atoms with Gasteiger partial charge in [0.2, 0.25) is 11.8 Å². The fourth-order valence-electron chi connectivity index (χ4n) is 6.18. The van der Waals surface area contributed by atoms with Crippen LogP contribution in [-0.2, 0) is 9.59 Å². The Morgan fingerprint density at radius 1 is 0.714 bits per heavy atom. The third kappa shape index (κ3) is 2.05. The van der Waals surface area contributed by atoms with Crippen LogP contribution in [0.2, 0.25) is 0 Å². The van der Waals surface area contributed by atoms with Crippen molar-refractivity contribution in [3.05, 3.63) is 78.4 Å². The summed E-state index contributed by atoms with van der Waals surface area (Å²) in [6.07, 6.45) is 2.04. The molecule has 0 spiro atoms. The fourth-order valence-corrected chi connectivity index (χ4v) is 6.18. The van der Waals surface area contributed by atoms with Crippen molar-refractivity contribution in [2.75, 3.05) is 4.90 Å². The van der Waals surface area contributed by atoms with Crippen molar-refractivity contribution in [2.45, 2.75) is 18.8 Å². The lowest BCUT2D eigenvalue weighted by Crippen LogP contribution is -2.33. The maximum Gasteiger partial charge on any atom is 0.238 e. The zero-order valence-corrected chi connectivity index (χ0v) is 15.5. The zero-order chi connectivity index (χ0) is 18.8. The smallest absolute Gasteiger partial charge is 0.238 e. The van der Waals surface area contributed by atoms with Gasteiger partial charge in [-0.05, 0) is 47.6 Å². The van der Waals surface area contributed by atoms with Gasteiger partial charge in [0.05, 0.1) is 17.5 Å². The summed E-state index contributed by atoms with van der Waals surface area (Å²) in [7, 11) is 0. The highest BCUT2D eigenvalue weighted by Crippen LogP contribution is 2.62. The molecular weight excluding hydrogens is 346 g/mol. The Hall–Kier alpha value is -2.94. The van der Waals surface area contributed by atoms with Crippen LogP contribution in [0, 0.1) is 23.7 Å². The average molecular weight is 367 g/mol. The Morgan fingerprint density at radius 2 is 1.43 bits per heavy atom. The van der Waals surface area contributed by atoms with E-state index in [1.165, 1.54) is 10.5 Å². The standard InChI is InChI=1S/C25H21NO2/c27-24-22-17-13-19(16-7-2-1-3-8-16)20(14-17)23(22)25(28)26(24)21-12-6-10-15-9-4-5-11-18(15)21/h1-12,17,19-20,22-23H,13-14H2/t17-,19+,20+,22+,23+/m0/s1. The van der Waals surface area contributed by atoms with Gasteiger partial charge in [-0.1, -0.05) is 66.7 Å². The molecule has 0 radical (unpaired) electrons. The highest BCUT2D eigenvalue weighted by molar-refractivity contribution is 6.25. The first kappa shape index (κ1) is 16.1. The molecule has 2 bridgehead atoms. The molecule has 0 unspecified atom stereocenters. The molecule has 5 atom stereocenters. The van der Waals surface area contributed by atoms with Crippen LogP contribution in [0.25, 0.3) is 10.8 Å². The zero-order valence-electron chi connectivity index (χ0n) is 15.5. The summed E-state index contributed by atoms with van der Waals surface area (Å²) in [6, 6.07) is 24.4. The van der Waals surface area contributed by atoms with E-state index in [1.54, 1.807) is 0 Å². The van der Waals surface area contributed by atoms with Crippen LogP contribution in [0.1, 0.15) is 24.3 Å². The lowest BCUT2D eigenvalue weighted by molar-refractivity contribution is -0.123. The summed E-state index contributed by atoms with van der Waals surface area (Å²) in [5.41, 5.74) is 2.07. The molecule has 3 aliphatic rings. The molecule has 6 rings (SSSR count). The van der Waals surface area contributed by atoms with E-state index >= 15 is 0 Å². The van der Waals surface area contributed by atoms with Crippen LogP contribution in [-0.4, -0.2) is 11.8 Å². The van der Waals surface area contributed by atoms with Crippen LogP contribution in [0.15, 0.2) is 72.8 Å². The number of amides is 2. The minimum atomic E-state index is -0.157. The minimum Gasteiger partial charge on any atom is -0.274 e. The number of hydrogen-bond acceptors (Lipinski definition) is 2. The highest BCUT2D eigenvalue weighted by Gasteiger charge is 2.64. The topological polar surface area (TPSA) is 37.4 Å². The van der Waals surface area contributed by atoms with Gasteiger partial charge < -0.3 is 0 Å². The summed E-state index contributed by atoms with van der Waals surface area (Å²) in [5, 5.41) is 2.03. The molecule has 2 amide bonds. The van der Waals surface area contributed by atoms with Crippen molar-refractivity contribution in [2.24, 2.45) is 23.7 Å². The Morgan fingerprint density at radius 3 is 2.29 bits per heavy atom. The fraction of sp³-hybridized carbons (Fsp3) is 0.280. The van der Waals surface area contributed by atoms with Gasteiger partial charge in [0.15, 0.2) is 0 Å². The molecule has 3 nitrogen and oxygen atoms in total. The van der Waals surface area contributed by atoms with Crippen molar-refractivity contribution in [3.63, 3.8) is 0 Å². The number of imide groups is 1. The van der Waals surface area contributed by atoms with E-state index in [0.717, 1.165) is 29.3 Å². The molecule has 3 heteroatoms. The van der Waals surface area contributed by atoms with E-state index in [9.17, 15) is 9.59 Å². The number of fused-ring (bicyclic) bond motifs is 6. The molecule has 3 aromatic rings. The van der Waals surface area contributed by atoms with Crippen molar-refractivity contribution in [1.29, 1.82) is 0 Å². The van der Waals surface area contributed by atoms with Crippen LogP contribution >= 0.6 is 0 Å². The molecular formula is C25H21NO2. The SMILES string of the molecule is O=C1[C@@H]2[C@@H]3C[C@@H]([C@H]2C(=O)N1c1cccc2ccccc12)[C@@H](c1ccccc1)C3. The van der Waals surface area contributed by atoms with Crippen LogP contribution in [0.5, 0.6) is 0 Å². The lowest BCUT2D eigenvalue weighted by Gasteiger charge is -2.28. The van der Waals surface area contributed by atoms with Crippen molar-refractivity contribution < 1.29 is 9.59 Å². The maximum absolute atomic E-state index is 13.5. The monoisotopic (exact) mass is 367 g/mol. The highest BCUT2D eigenvalue weighted by atomic mass is 16.2. The number of nitrogens with zero attached hydrogens (tertiary/aromatic N) is 1. The van der Waals surface area contributed by atoms with E-state index in [-0.39, 0.29) is 29.6 Å². The van der Waals surface area contributed by atoms with E-state index in [2.05, 4.69) is 24.3 Å². The van der Waals surface area contributed by atoms with E-state index in [1.807, 2.05) is 48.5 Å². The predicted molar refractivity (Wildman–Crippen MR) is 109 cm³/mol. The molecule has 3 aromatic carbocycles. The average Bonchev–Trinajstić information content (AvgIpc) is 3.40. The first-order chi connectivity index (χ1) is 13.7. The molecule has 138 valence electrons. The molecule has 2 saturated carbocycles. The Bertz CT molecular complexity index is 1100. The van der Waals surface area contributed by atoms with Gasteiger partial charge in [-0.2, -0.15) is 0 Å². The van der Waals surface area contributed by atoms with Crippen LogP contribution in [0.3, 0.4) is 0 Å². The van der Waals surface area contributed by atoms with E-state index < -0.39 is 0 Å². The molecule has 28 heavy (non-hydrogen) atoms. The largest absolute Gasteiger partial charge is 0.274 e. The second-order valence-electron chi connectivity index (χ2n) is 8.47. The second-order valence-corrected chi connectivity index (χ2v) is 8.47. The summed E-state index contributed by atoms with van der Waals surface area (Å²) in [6.45, 7) is 0. The van der Waals surface area contributed by atoms with Gasteiger partial charge in [0, 0.05) is 5.39 Å². The Balaban J connectivity index is 1.41. The number of carbonyl (C=O) groups excluding carboxylic acids is 2. The summed E-state index contributed by atoms with van der Waals surface area (Å²) < 4.78 is 0. The van der Waals surface area contributed by atoms with Gasteiger partial charge in [-0.25, -0.2) is 4.90 Å². The van der Waals surface area contributed by atoms with Crippen molar-refractivity contribution >= 4 is 28.3 Å². The Labute approximate surface area is 164 Å². The van der Waals surface area contributed by atoms with Gasteiger partial charge in [0.25, 0.3) is 0 Å². The molecule has 0 N–H and O–H groups in total. The second kappa shape index (κ2) is 5.78. The number of rotatable bonds is 2. The number of carbonyl (C=O) groups is 2. The lowest BCUT2D eigenvalue weighted by atomic mass is 9.73. The first-order valence-corrected chi connectivity index (χ1v) is 10.1. The Kier molecular flexibility index (Phi) is 3.31. The molecule has 0 aromatic heterocycles. The quantitative estimate of drug-likeness (QED) is 0.612.